The van der Waals surface area contributed by atoms with Crippen LogP contribution in [0.4, 0.5) is 5.69 Å². The molecule has 1 amide bonds. The molecule has 0 spiro atoms. The van der Waals surface area contributed by atoms with Gasteiger partial charge in [0.2, 0.25) is 0 Å². The average Bonchev–Trinajstić information content (AvgIpc) is 3.08. The van der Waals surface area contributed by atoms with E-state index in [9.17, 15) is 4.79 Å². The number of ether oxygens (including phenoxy) is 3. The fourth-order valence-electron chi connectivity index (χ4n) is 3.81. The summed E-state index contributed by atoms with van der Waals surface area (Å²) in [5.41, 5.74) is 3.11. The zero-order chi connectivity index (χ0) is 22.5. The third kappa shape index (κ3) is 4.93. The summed E-state index contributed by atoms with van der Waals surface area (Å²) in [5.74, 6) is 1.39. The minimum absolute atomic E-state index is 0.190. The van der Waals surface area contributed by atoms with E-state index in [1.165, 1.54) is 4.90 Å². The Balaban J connectivity index is 1.54. The lowest BCUT2D eigenvalue weighted by molar-refractivity contribution is -0.113. The molecule has 2 aliphatic rings. The molecule has 0 aromatic heterocycles. The van der Waals surface area contributed by atoms with Crippen molar-refractivity contribution in [2.24, 2.45) is 0 Å². The molecule has 0 atom stereocenters. The molecule has 2 aromatic rings. The van der Waals surface area contributed by atoms with Gasteiger partial charge in [0.25, 0.3) is 5.91 Å². The van der Waals surface area contributed by atoms with E-state index in [-0.39, 0.29) is 5.91 Å². The maximum absolute atomic E-state index is 13.1. The minimum atomic E-state index is -0.190. The summed E-state index contributed by atoms with van der Waals surface area (Å²) >= 11 is 5.43. The highest BCUT2D eigenvalue weighted by atomic mass is 32.1. The first-order valence-electron chi connectivity index (χ1n) is 10.7. The molecule has 4 rings (SSSR count). The number of nitrogens with one attached hydrogen (secondary N) is 1. The number of nitrogens with zero attached hydrogens (tertiary/aromatic N) is 2. The summed E-state index contributed by atoms with van der Waals surface area (Å²) in [5, 5.41) is 3.40. The maximum Gasteiger partial charge on any atom is 0.281 e. The monoisotopic (exact) mass is 453 g/mol. The summed E-state index contributed by atoms with van der Waals surface area (Å²) in [6, 6.07) is 13.2. The molecule has 32 heavy (non-hydrogen) atoms. The number of rotatable bonds is 7. The van der Waals surface area contributed by atoms with Gasteiger partial charge in [0.1, 0.15) is 17.2 Å². The number of benzene rings is 2. The van der Waals surface area contributed by atoms with Crippen molar-refractivity contribution < 1.29 is 19.0 Å². The zero-order valence-corrected chi connectivity index (χ0v) is 19.1. The van der Waals surface area contributed by atoms with Crippen LogP contribution in [0.15, 0.2) is 48.2 Å². The van der Waals surface area contributed by atoms with Gasteiger partial charge >= 0.3 is 0 Å². The van der Waals surface area contributed by atoms with Gasteiger partial charge in [-0.2, -0.15) is 0 Å². The van der Waals surface area contributed by atoms with Crippen LogP contribution in [0.2, 0.25) is 0 Å². The second-order valence-electron chi connectivity index (χ2n) is 7.52. The lowest BCUT2D eigenvalue weighted by atomic mass is 10.1. The first kappa shape index (κ1) is 22.3. The zero-order valence-electron chi connectivity index (χ0n) is 18.3. The number of methoxy groups -OCH3 is 1. The quantitative estimate of drug-likeness (QED) is 0.510. The standard InChI is InChI=1S/C24H27N3O4S/c1-3-31-20-7-5-19(6-8-20)27-23(28)21(25-24(27)32)15-17-4-9-22(29-2)18(14-17)16-26-10-12-30-13-11-26/h4-9,14-15H,3,10-13,16H2,1-2H3,(H,25,32)/b21-15+. The molecule has 0 aliphatic carbocycles. The van der Waals surface area contributed by atoms with Crippen LogP contribution in [0.1, 0.15) is 18.1 Å². The van der Waals surface area contributed by atoms with Gasteiger partial charge in [-0.05, 0) is 67.2 Å². The van der Waals surface area contributed by atoms with Gasteiger partial charge in [-0.25, -0.2) is 0 Å². The minimum Gasteiger partial charge on any atom is -0.496 e. The molecule has 168 valence electrons. The second-order valence-corrected chi connectivity index (χ2v) is 7.90. The third-order valence-electron chi connectivity index (χ3n) is 5.40. The van der Waals surface area contributed by atoms with E-state index in [1.807, 2.05) is 49.4 Å². The number of carbonyl (C=O) groups excluding carboxylic acids is 1. The van der Waals surface area contributed by atoms with E-state index in [0.717, 1.165) is 55.5 Å². The first-order chi connectivity index (χ1) is 15.6. The molecule has 1 N–H and O–H groups in total. The van der Waals surface area contributed by atoms with Crippen LogP contribution in [0.5, 0.6) is 11.5 Å². The fraction of sp³-hybridized carbons (Fsp3) is 0.333. The highest BCUT2D eigenvalue weighted by Crippen LogP contribution is 2.27. The summed E-state index contributed by atoms with van der Waals surface area (Å²) < 4.78 is 16.5. The van der Waals surface area contributed by atoms with Crippen molar-refractivity contribution in [2.75, 3.05) is 44.9 Å². The number of morpholine rings is 1. The van der Waals surface area contributed by atoms with Crippen molar-refractivity contribution in [3.8, 4) is 11.5 Å². The number of hydrogen-bond acceptors (Lipinski definition) is 6. The fourth-order valence-corrected chi connectivity index (χ4v) is 4.10. The van der Waals surface area contributed by atoms with Gasteiger partial charge in [0.05, 0.1) is 32.6 Å². The molecule has 0 radical (unpaired) electrons. The largest absolute Gasteiger partial charge is 0.496 e. The normalized spacial score (nSPS) is 18.2. The SMILES string of the molecule is CCOc1ccc(N2C(=O)/C(=C\c3ccc(OC)c(CN4CCOCC4)c3)NC2=S)cc1. The molecule has 0 saturated carbocycles. The highest BCUT2D eigenvalue weighted by Gasteiger charge is 2.32. The second kappa shape index (κ2) is 10.1. The molecular weight excluding hydrogens is 426 g/mol. The first-order valence-corrected chi connectivity index (χ1v) is 11.1. The molecule has 0 unspecified atom stereocenters. The van der Waals surface area contributed by atoms with Crippen LogP contribution < -0.4 is 19.7 Å². The Morgan fingerprint density at radius 1 is 1.16 bits per heavy atom. The Morgan fingerprint density at radius 2 is 1.91 bits per heavy atom. The number of hydrogen-bond donors (Lipinski definition) is 1. The average molecular weight is 454 g/mol. The molecule has 2 aliphatic heterocycles. The summed E-state index contributed by atoms with van der Waals surface area (Å²) in [6.45, 7) is 6.54. The molecular formula is C24H27N3O4S. The molecule has 7 nitrogen and oxygen atoms in total. The van der Waals surface area contributed by atoms with E-state index < -0.39 is 0 Å². The lowest BCUT2D eigenvalue weighted by Crippen LogP contribution is -2.35. The number of amides is 1. The van der Waals surface area contributed by atoms with Crippen LogP contribution >= 0.6 is 12.2 Å². The Kier molecular flexibility index (Phi) is 7.04. The Labute approximate surface area is 193 Å². The van der Waals surface area contributed by atoms with Crippen LogP contribution in [0.3, 0.4) is 0 Å². The van der Waals surface area contributed by atoms with Gasteiger partial charge in [0.15, 0.2) is 5.11 Å². The van der Waals surface area contributed by atoms with E-state index >= 15 is 0 Å². The van der Waals surface area contributed by atoms with E-state index in [4.69, 9.17) is 26.4 Å². The number of anilines is 1. The van der Waals surface area contributed by atoms with Crippen molar-refractivity contribution >= 4 is 35.0 Å². The van der Waals surface area contributed by atoms with Crippen LogP contribution in [0, 0.1) is 0 Å². The van der Waals surface area contributed by atoms with Gasteiger partial charge in [-0.1, -0.05) is 6.07 Å². The van der Waals surface area contributed by atoms with Crippen LogP contribution in [0.25, 0.3) is 6.08 Å². The van der Waals surface area contributed by atoms with Gasteiger partial charge in [-0.15, -0.1) is 0 Å². The summed E-state index contributed by atoms with van der Waals surface area (Å²) in [7, 11) is 1.67. The van der Waals surface area contributed by atoms with E-state index in [0.29, 0.717) is 23.1 Å². The Bertz CT molecular complexity index is 1020. The highest BCUT2D eigenvalue weighted by molar-refractivity contribution is 7.80. The summed E-state index contributed by atoms with van der Waals surface area (Å²) in [6.07, 6.45) is 1.82. The van der Waals surface area contributed by atoms with E-state index in [2.05, 4.69) is 16.3 Å². The Morgan fingerprint density at radius 3 is 2.59 bits per heavy atom. The summed E-state index contributed by atoms with van der Waals surface area (Å²) in [4.78, 5) is 16.9. The van der Waals surface area contributed by atoms with Crippen LogP contribution in [-0.2, 0) is 16.1 Å². The molecule has 2 heterocycles. The van der Waals surface area contributed by atoms with Crippen molar-refractivity contribution in [3.63, 3.8) is 0 Å². The van der Waals surface area contributed by atoms with Gasteiger partial charge in [0, 0.05) is 25.2 Å². The third-order valence-corrected chi connectivity index (χ3v) is 5.68. The van der Waals surface area contributed by atoms with Crippen molar-refractivity contribution in [2.45, 2.75) is 13.5 Å². The predicted molar refractivity (Wildman–Crippen MR) is 128 cm³/mol. The van der Waals surface area contributed by atoms with Crippen molar-refractivity contribution in [1.82, 2.24) is 10.2 Å². The van der Waals surface area contributed by atoms with Crippen molar-refractivity contribution in [3.05, 3.63) is 59.3 Å². The Hall–Kier alpha value is -2.94. The van der Waals surface area contributed by atoms with Gasteiger partial charge < -0.3 is 19.5 Å². The molecule has 0 bridgehead atoms. The topological polar surface area (TPSA) is 63.3 Å². The molecule has 2 fully saturated rings. The van der Waals surface area contributed by atoms with E-state index in [1.54, 1.807) is 7.11 Å². The number of thiocarbonyl (C=S) groups is 1. The smallest absolute Gasteiger partial charge is 0.281 e. The van der Waals surface area contributed by atoms with Crippen LogP contribution in [-0.4, -0.2) is 55.9 Å². The van der Waals surface area contributed by atoms with Gasteiger partial charge in [-0.3, -0.25) is 14.6 Å². The molecule has 8 heteroatoms. The number of carbonyl (C=O) groups is 1. The maximum atomic E-state index is 13.1. The molecule has 2 saturated heterocycles. The lowest BCUT2D eigenvalue weighted by Gasteiger charge is -2.27. The molecule has 2 aromatic carbocycles. The predicted octanol–water partition coefficient (Wildman–Crippen LogP) is 3.19. The van der Waals surface area contributed by atoms with Crippen molar-refractivity contribution in [1.29, 1.82) is 0 Å².